The van der Waals surface area contributed by atoms with E-state index in [-0.39, 0.29) is 35.4 Å². The van der Waals surface area contributed by atoms with Crippen molar-refractivity contribution in [1.29, 1.82) is 0 Å². The van der Waals surface area contributed by atoms with E-state index in [0.29, 0.717) is 18.9 Å². The molecule has 4 aromatic carbocycles. The fraction of sp³-hybridized carbons (Fsp3) is 0.297. The number of benzene rings is 4. The van der Waals surface area contributed by atoms with Crippen molar-refractivity contribution in [3.63, 3.8) is 0 Å². The molecule has 47 heavy (non-hydrogen) atoms. The molecule has 4 rings (SSSR count). The summed E-state index contributed by atoms with van der Waals surface area (Å²) >= 11 is 0. The zero-order valence-electron chi connectivity index (χ0n) is 27.2. The van der Waals surface area contributed by atoms with Gasteiger partial charge in [0.1, 0.15) is 24.2 Å². The molecule has 0 saturated heterocycles. The van der Waals surface area contributed by atoms with Crippen LogP contribution in [-0.4, -0.2) is 50.9 Å². The summed E-state index contributed by atoms with van der Waals surface area (Å²) in [5.41, 5.74) is 2.88. The number of sulfonamides is 1. The third kappa shape index (κ3) is 9.65. The first-order chi connectivity index (χ1) is 22.5. The molecular weight excluding hydrogens is 617 g/mol. The second-order valence-electron chi connectivity index (χ2n) is 11.7. The van der Waals surface area contributed by atoms with Crippen LogP contribution in [0.5, 0.6) is 5.75 Å². The molecule has 1 unspecified atom stereocenters. The van der Waals surface area contributed by atoms with Gasteiger partial charge >= 0.3 is 0 Å². The van der Waals surface area contributed by atoms with E-state index in [1.54, 1.807) is 24.3 Å². The van der Waals surface area contributed by atoms with Crippen LogP contribution in [0.1, 0.15) is 37.5 Å². The molecule has 2 amide bonds. The smallest absolute Gasteiger partial charge is 0.264 e. The molecule has 0 saturated carbocycles. The van der Waals surface area contributed by atoms with E-state index in [9.17, 15) is 22.4 Å². The van der Waals surface area contributed by atoms with Crippen molar-refractivity contribution in [1.82, 2.24) is 10.2 Å². The number of nitrogens with one attached hydrogen (secondary N) is 1. The van der Waals surface area contributed by atoms with Gasteiger partial charge in [-0.25, -0.2) is 12.8 Å². The lowest BCUT2D eigenvalue weighted by Crippen LogP contribution is -2.53. The average Bonchev–Trinajstić information content (AvgIpc) is 3.06. The molecular formula is C37H42FN3O5S. The Morgan fingerprint density at radius 1 is 0.851 bits per heavy atom. The quantitative estimate of drug-likeness (QED) is 0.166. The molecule has 0 aromatic heterocycles. The Kier molecular flexibility index (Phi) is 12.1. The van der Waals surface area contributed by atoms with Crippen LogP contribution in [0, 0.1) is 18.7 Å². The van der Waals surface area contributed by atoms with E-state index in [2.05, 4.69) is 5.32 Å². The molecule has 1 atom stereocenters. The zero-order chi connectivity index (χ0) is 34.0. The zero-order valence-corrected chi connectivity index (χ0v) is 28.0. The normalized spacial score (nSPS) is 12.0. The number of amides is 2. The van der Waals surface area contributed by atoms with Crippen molar-refractivity contribution < 1.29 is 27.1 Å². The Bertz CT molecular complexity index is 1710. The van der Waals surface area contributed by atoms with Crippen molar-refractivity contribution in [2.45, 2.75) is 51.6 Å². The predicted molar refractivity (Wildman–Crippen MR) is 182 cm³/mol. The molecule has 0 radical (unpaired) electrons. The molecule has 8 nitrogen and oxygen atoms in total. The highest BCUT2D eigenvalue weighted by atomic mass is 32.2. The van der Waals surface area contributed by atoms with Crippen LogP contribution in [0.3, 0.4) is 0 Å². The molecule has 0 bridgehead atoms. The number of nitrogens with zero attached hydrogens (tertiary/aromatic N) is 2. The molecule has 4 aromatic rings. The number of anilines is 1. The maximum atomic E-state index is 14.5. The second-order valence-corrected chi connectivity index (χ2v) is 13.6. The molecule has 0 spiro atoms. The van der Waals surface area contributed by atoms with E-state index in [4.69, 9.17) is 4.74 Å². The predicted octanol–water partition coefficient (Wildman–Crippen LogP) is 6.14. The topological polar surface area (TPSA) is 96.0 Å². The number of halogens is 1. The van der Waals surface area contributed by atoms with Crippen LogP contribution in [0.15, 0.2) is 108 Å². The number of ether oxygens (including phenoxy) is 1. The number of aryl methyl sites for hydroxylation is 1. The molecule has 0 heterocycles. The van der Waals surface area contributed by atoms with Gasteiger partial charge < -0.3 is 15.0 Å². The van der Waals surface area contributed by atoms with E-state index < -0.39 is 34.3 Å². The Labute approximate surface area is 277 Å². The van der Waals surface area contributed by atoms with Crippen LogP contribution in [0.2, 0.25) is 0 Å². The first-order valence-electron chi connectivity index (χ1n) is 15.7. The highest BCUT2D eigenvalue weighted by Gasteiger charge is 2.34. The minimum Gasteiger partial charge on any atom is -0.494 e. The summed E-state index contributed by atoms with van der Waals surface area (Å²) in [5, 5.41) is 2.98. The number of hydrogen-bond acceptors (Lipinski definition) is 5. The minimum atomic E-state index is -4.35. The summed E-state index contributed by atoms with van der Waals surface area (Å²) in [6.45, 7) is 8.05. The lowest BCUT2D eigenvalue weighted by atomic mass is 10.0. The van der Waals surface area contributed by atoms with Crippen molar-refractivity contribution in [3.8, 4) is 5.75 Å². The second kappa shape index (κ2) is 16.2. The molecule has 10 heteroatoms. The number of rotatable bonds is 15. The van der Waals surface area contributed by atoms with Crippen LogP contribution in [0.25, 0.3) is 0 Å². The van der Waals surface area contributed by atoms with Crippen molar-refractivity contribution in [3.05, 3.63) is 126 Å². The van der Waals surface area contributed by atoms with Gasteiger partial charge in [-0.1, -0.05) is 74.0 Å². The summed E-state index contributed by atoms with van der Waals surface area (Å²) in [6.07, 6.45) is 0.218. The lowest BCUT2D eigenvalue weighted by Gasteiger charge is -2.34. The highest BCUT2D eigenvalue weighted by molar-refractivity contribution is 7.92. The van der Waals surface area contributed by atoms with Gasteiger partial charge in [0, 0.05) is 19.5 Å². The van der Waals surface area contributed by atoms with Crippen molar-refractivity contribution >= 4 is 27.5 Å². The third-order valence-corrected chi connectivity index (χ3v) is 9.33. The Morgan fingerprint density at radius 3 is 2.09 bits per heavy atom. The van der Waals surface area contributed by atoms with E-state index >= 15 is 0 Å². The first-order valence-corrected chi connectivity index (χ1v) is 17.1. The van der Waals surface area contributed by atoms with Crippen molar-refractivity contribution in [2.24, 2.45) is 5.92 Å². The number of carbonyl (C=O) groups excluding carboxylic acids is 2. The summed E-state index contributed by atoms with van der Waals surface area (Å²) in [6, 6.07) is 26.9. The largest absolute Gasteiger partial charge is 0.494 e. The standard InChI is InChI=1S/C37H42FN3O5S/c1-5-46-33-19-17-32(18-20-33)41(47(44,45)34-21-15-31(38)16-22-34)26-36(42)40(25-30-13-11-28(4)12-14-30)35(37(43)39-24-27(2)3)23-29-9-7-6-8-10-29/h6-22,27,35H,5,23-26H2,1-4H3,(H,39,43). The van der Waals surface area contributed by atoms with Crippen LogP contribution < -0.4 is 14.4 Å². The van der Waals surface area contributed by atoms with E-state index in [0.717, 1.165) is 33.1 Å². The first kappa shape index (κ1) is 35.2. The van der Waals surface area contributed by atoms with Crippen molar-refractivity contribution in [2.75, 3.05) is 24.0 Å². The Morgan fingerprint density at radius 2 is 1.49 bits per heavy atom. The van der Waals surface area contributed by atoms with Gasteiger partial charge in [-0.05, 0) is 79.4 Å². The molecule has 248 valence electrons. The van der Waals surface area contributed by atoms with Gasteiger partial charge in [0.2, 0.25) is 11.8 Å². The number of carbonyl (C=O) groups is 2. The molecule has 0 aliphatic rings. The fourth-order valence-electron chi connectivity index (χ4n) is 5.00. The van der Waals surface area contributed by atoms with Gasteiger partial charge in [0.05, 0.1) is 17.2 Å². The van der Waals surface area contributed by atoms with Crippen LogP contribution >= 0.6 is 0 Å². The summed E-state index contributed by atoms with van der Waals surface area (Å²) in [7, 11) is -4.35. The number of hydrogen-bond donors (Lipinski definition) is 1. The summed E-state index contributed by atoms with van der Waals surface area (Å²) < 4.78 is 48.5. The molecule has 0 fully saturated rings. The minimum absolute atomic E-state index is 0.0689. The highest BCUT2D eigenvalue weighted by Crippen LogP contribution is 2.27. The fourth-order valence-corrected chi connectivity index (χ4v) is 6.42. The van der Waals surface area contributed by atoms with Gasteiger partial charge in [-0.2, -0.15) is 0 Å². The summed E-state index contributed by atoms with van der Waals surface area (Å²) in [4.78, 5) is 29.7. The van der Waals surface area contributed by atoms with E-state index in [1.165, 1.54) is 17.0 Å². The maximum absolute atomic E-state index is 14.5. The van der Waals surface area contributed by atoms with Gasteiger partial charge in [0.25, 0.3) is 10.0 Å². The molecule has 0 aliphatic carbocycles. The SMILES string of the molecule is CCOc1ccc(N(CC(=O)N(Cc2ccc(C)cc2)C(Cc2ccccc2)C(=O)NCC(C)C)S(=O)(=O)c2ccc(F)cc2)cc1. The third-order valence-electron chi connectivity index (χ3n) is 7.55. The lowest BCUT2D eigenvalue weighted by molar-refractivity contribution is -0.140. The average molecular weight is 660 g/mol. The maximum Gasteiger partial charge on any atom is 0.264 e. The molecule has 0 aliphatic heterocycles. The summed E-state index contributed by atoms with van der Waals surface area (Å²) in [5.74, 6) is -0.795. The Balaban J connectivity index is 1.79. The van der Waals surface area contributed by atoms with Gasteiger partial charge in [0.15, 0.2) is 0 Å². The van der Waals surface area contributed by atoms with Gasteiger partial charge in [-0.3, -0.25) is 13.9 Å². The van der Waals surface area contributed by atoms with E-state index in [1.807, 2.05) is 82.3 Å². The monoisotopic (exact) mass is 659 g/mol. The molecule has 1 N–H and O–H groups in total. The Hall–Kier alpha value is -4.70. The van der Waals surface area contributed by atoms with Crippen LogP contribution in [-0.2, 0) is 32.6 Å². The van der Waals surface area contributed by atoms with Gasteiger partial charge in [-0.15, -0.1) is 0 Å². The van der Waals surface area contributed by atoms with Crippen LogP contribution in [0.4, 0.5) is 10.1 Å².